The predicted molar refractivity (Wildman–Crippen MR) is 83.0 cm³/mol. The summed E-state index contributed by atoms with van der Waals surface area (Å²) in [7, 11) is 0. The normalized spacial score (nSPS) is 11.2. The lowest BCUT2D eigenvalue weighted by Crippen LogP contribution is -2.19. The lowest BCUT2D eigenvalue weighted by Gasteiger charge is -2.04. The maximum Gasteiger partial charge on any atom is 0.162 e. The van der Waals surface area contributed by atoms with Crippen LogP contribution >= 0.6 is 11.6 Å². The van der Waals surface area contributed by atoms with Gasteiger partial charge >= 0.3 is 0 Å². The minimum absolute atomic E-state index is 0.416. The summed E-state index contributed by atoms with van der Waals surface area (Å²) >= 11 is 5.84. The van der Waals surface area contributed by atoms with Crippen LogP contribution in [0.5, 0.6) is 0 Å². The van der Waals surface area contributed by atoms with Crippen LogP contribution in [0.1, 0.15) is 30.9 Å². The minimum Gasteiger partial charge on any atom is -0.369 e. The van der Waals surface area contributed by atoms with Gasteiger partial charge in [0.15, 0.2) is 5.76 Å². The first-order chi connectivity index (χ1) is 10.1. The molecule has 0 aliphatic heterocycles. The monoisotopic (exact) mass is 308 g/mol. The molecular formula is C16H21ClN2O2. The van der Waals surface area contributed by atoms with Crippen LogP contribution in [0, 0.1) is 5.92 Å². The number of rotatable bonds is 8. The number of ether oxygens (including phenoxy) is 1. The van der Waals surface area contributed by atoms with Crippen LogP contribution < -0.4 is 5.32 Å². The molecule has 0 aliphatic rings. The molecule has 2 aromatic rings. The van der Waals surface area contributed by atoms with Gasteiger partial charge < -0.3 is 14.6 Å². The zero-order valence-electron chi connectivity index (χ0n) is 12.4. The van der Waals surface area contributed by atoms with Gasteiger partial charge in [-0.25, -0.2) is 0 Å². The molecule has 0 atom stereocenters. The van der Waals surface area contributed by atoms with Gasteiger partial charge in [-0.15, -0.1) is 0 Å². The predicted octanol–water partition coefficient (Wildman–Crippen LogP) is 3.79. The van der Waals surface area contributed by atoms with Gasteiger partial charge in [0.2, 0.25) is 0 Å². The molecule has 1 aromatic heterocycles. The fourth-order valence-electron chi connectivity index (χ4n) is 1.85. The summed E-state index contributed by atoms with van der Waals surface area (Å²) in [6.07, 6.45) is 0. The number of benzene rings is 1. The van der Waals surface area contributed by atoms with Gasteiger partial charge in [0.25, 0.3) is 0 Å². The molecule has 0 unspecified atom stereocenters. The van der Waals surface area contributed by atoms with E-state index in [4.69, 9.17) is 20.9 Å². The molecule has 1 heterocycles. The molecule has 0 aliphatic carbocycles. The van der Waals surface area contributed by atoms with Crippen molar-refractivity contribution >= 4 is 11.6 Å². The Morgan fingerprint density at radius 3 is 2.71 bits per heavy atom. The third-order valence-corrected chi connectivity index (χ3v) is 3.14. The highest BCUT2D eigenvalue weighted by molar-refractivity contribution is 6.30. The van der Waals surface area contributed by atoms with Gasteiger partial charge in [0, 0.05) is 17.6 Å². The van der Waals surface area contributed by atoms with Crippen molar-refractivity contribution in [1.29, 1.82) is 0 Å². The van der Waals surface area contributed by atoms with Crippen molar-refractivity contribution in [3.63, 3.8) is 0 Å². The largest absolute Gasteiger partial charge is 0.369 e. The Labute approximate surface area is 130 Å². The second-order valence-electron chi connectivity index (χ2n) is 5.43. The minimum atomic E-state index is 0.416. The molecule has 114 valence electrons. The molecule has 21 heavy (non-hydrogen) atoms. The highest BCUT2D eigenvalue weighted by atomic mass is 35.5. The zero-order chi connectivity index (χ0) is 15.1. The van der Waals surface area contributed by atoms with Crippen molar-refractivity contribution in [3.05, 3.63) is 52.4 Å². The average Bonchev–Trinajstić information content (AvgIpc) is 2.88. The Morgan fingerprint density at radius 1 is 1.24 bits per heavy atom. The number of aromatic nitrogens is 1. The van der Waals surface area contributed by atoms with Gasteiger partial charge in [-0.1, -0.05) is 42.7 Å². The smallest absolute Gasteiger partial charge is 0.162 e. The first-order valence-corrected chi connectivity index (χ1v) is 7.48. The molecular weight excluding hydrogens is 288 g/mol. The van der Waals surface area contributed by atoms with E-state index in [0.29, 0.717) is 19.1 Å². The van der Waals surface area contributed by atoms with E-state index in [9.17, 15) is 0 Å². The van der Waals surface area contributed by atoms with Crippen LogP contribution in [0.4, 0.5) is 0 Å². The van der Waals surface area contributed by atoms with E-state index in [2.05, 4.69) is 24.3 Å². The fraction of sp³-hybridized carbons (Fsp3) is 0.438. The fourth-order valence-corrected chi connectivity index (χ4v) is 1.97. The number of nitrogens with zero attached hydrogens (tertiary/aromatic N) is 1. The molecule has 0 spiro atoms. The highest BCUT2D eigenvalue weighted by Gasteiger charge is 2.05. The number of halogens is 1. The van der Waals surface area contributed by atoms with E-state index in [1.54, 1.807) is 0 Å². The van der Waals surface area contributed by atoms with E-state index in [1.807, 2.05) is 30.3 Å². The summed E-state index contributed by atoms with van der Waals surface area (Å²) in [5.41, 5.74) is 1.98. The molecule has 1 N–H and O–H groups in total. The van der Waals surface area contributed by atoms with Crippen LogP contribution in [-0.4, -0.2) is 11.7 Å². The molecule has 2 rings (SSSR count). The SMILES string of the molecule is CC(C)CNCc1cc(COCc2ccc(Cl)cc2)on1. The maximum atomic E-state index is 5.84. The summed E-state index contributed by atoms with van der Waals surface area (Å²) in [5, 5.41) is 8.07. The lowest BCUT2D eigenvalue weighted by molar-refractivity contribution is 0.0883. The maximum absolute atomic E-state index is 5.84. The third kappa shape index (κ3) is 5.87. The van der Waals surface area contributed by atoms with E-state index < -0.39 is 0 Å². The quantitative estimate of drug-likeness (QED) is 0.806. The lowest BCUT2D eigenvalue weighted by atomic mass is 10.2. The van der Waals surface area contributed by atoms with E-state index >= 15 is 0 Å². The van der Waals surface area contributed by atoms with Crippen molar-refractivity contribution in [2.24, 2.45) is 5.92 Å². The highest BCUT2D eigenvalue weighted by Crippen LogP contribution is 2.12. The van der Waals surface area contributed by atoms with Crippen molar-refractivity contribution in [3.8, 4) is 0 Å². The summed E-state index contributed by atoms with van der Waals surface area (Å²) in [4.78, 5) is 0. The summed E-state index contributed by atoms with van der Waals surface area (Å²) in [6, 6.07) is 9.53. The van der Waals surface area contributed by atoms with Crippen LogP contribution in [-0.2, 0) is 24.5 Å². The van der Waals surface area contributed by atoms with Gasteiger partial charge in [-0.2, -0.15) is 0 Å². The van der Waals surface area contributed by atoms with Crippen molar-refractivity contribution in [2.45, 2.75) is 33.6 Å². The van der Waals surface area contributed by atoms with Crippen molar-refractivity contribution in [2.75, 3.05) is 6.54 Å². The summed E-state index contributed by atoms with van der Waals surface area (Å²) in [5.74, 6) is 1.37. The summed E-state index contributed by atoms with van der Waals surface area (Å²) in [6.45, 7) is 6.98. The molecule has 0 saturated heterocycles. The first-order valence-electron chi connectivity index (χ1n) is 7.11. The number of hydrogen-bond donors (Lipinski definition) is 1. The van der Waals surface area contributed by atoms with Gasteiger partial charge in [0.1, 0.15) is 6.61 Å². The van der Waals surface area contributed by atoms with Crippen LogP contribution in [0.2, 0.25) is 5.02 Å². The Balaban J connectivity index is 1.71. The Kier molecular flexibility index (Phi) is 6.23. The van der Waals surface area contributed by atoms with Crippen LogP contribution in [0.25, 0.3) is 0 Å². The van der Waals surface area contributed by atoms with Crippen molar-refractivity contribution < 1.29 is 9.26 Å². The Hall–Kier alpha value is -1.36. The molecule has 5 heteroatoms. The Bertz CT molecular complexity index is 537. The third-order valence-electron chi connectivity index (χ3n) is 2.89. The molecule has 0 bridgehead atoms. The van der Waals surface area contributed by atoms with E-state index in [-0.39, 0.29) is 0 Å². The molecule has 0 saturated carbocycles. The van der Waals surface area contributed by atoms with E-state index in [0.717, 1.165) is 35.1 Å². The number of nitrogens with one attached hydrogen (secondary N) is 1. The molecule has 0 radical (unpaired) electrons. The molecule has 0 amide bonds. The molecule has 4 nitrogen and oxygen atoms in total. The van der Waals surface area contributed by atoms with E-state index in [1.165, 1.54) is 0 Å². The first kappa shape index (κ1) is 16.0. The number of hydrogen-bond acceptors (Lipinski definition) is 4. The topological polar surface area (TPSA) is 47.3 Å². The van der Waals surface area contributed by atoms with Gasteiger partial charge in [0.05, 0.1) is 12.3 Å². The van der Waals surface area contributed by atoms with Gasteiger partial charge in [-0.3, -0.25) is 0 Å². The second-order valence-corrected chi connectivity index (χ2v) is 5.87. The van der Waals surface area contributed by atoms with Gasteiger partial charge in [-0.05, 0) is 30.2 Å². The van der Waals surface area contributed by atoms with Crippen molar-refractivity contribution in [1.82, 2.24) is 10.5 Å². The summed E-state index contributed by atoms with van der Waals surface area (Å²) < 4.78 is 10.8. The van der Waals surface area contributed by atoms with Crippen LogP contribution in [0.3, 0.4) is 0 Å². The Morgan fingerprint density at radius 2 is 2.00 bits per heavy atom. The van der Waals surface area contributed by atoms with Crippen LogP contribution in [0.15, 0.2) is 34.9 Å². The standard InChI is InChI=1S/C16H21ClN2O2/c1-12(2)8-18-9-15-7-16(21-19-15)11-20-10-13-3-5-14(17)6-4-13/h3-7,12,18H,8-11H2,1-2H3. The molecule has 1 aromatic carbocycles. The molecule has 0 fully saturated rings. The second kappa shape index (κ2) is 8.17. The zero-order valence-corrected chi connectivity index (χ0v) is 13.2. The average molecular weight is 309 g/mol.